The quantitative estimate of drug-likeness (QED) is 0.741. The van der Waals surface area contributed by atoms with Crippen LogP contribution in [0.4, 0.5) is 18.3 Å². The van der Waals surface area contributed by atoms with Crippen molar-refractivity contribution in [1.82, 2.24) is 9.99 Å². The van der Waals surface area contributed by atoms with Crippen LogP contribution in [-0.4, -0.2) is 28.9 Å². The summed E-state index contributed by atoms with van der Waals surface area (Å²) in [5.41, 5.74) is -1.37. The van der Waals surface area contributed by atoms with E-state index in [9.17, 15) is 22.8 Å². The van der Waals surface area contributed by atoms with Gasteiger partial charge in [-0.05, 0) is 0 Å². The Bertz CT molecular complexity index is 590. The number of hydrogen-bond acceptors (Lipinski definition) is 5. The van der Waals surface area contributed by atoms with Gasteiger partial charge in [0.05, 0.1) is 0 Å². The Balaban J connectivity index is 3.38. The molecule has 0 radical (unpaired) electrons. The zero-order chi connectivity index (χ0) is 15.7. The smallest absolute Gasteiger partial charge is 0.273 e. The lowest BCUT2D eigenvalue weighted by atomic mass is 10.4. The normalized spacial score (nSPS) is 10.8. The van der Waals surface area contributed by atoms with Gasteiger partial charge in [-0.15, -0.1) is 0 Å². The zero-order valence-corrected chi connectivity index (χ0v) is 11.5. The topological polar surface area (TPSA) is 77.3 Å². The van der Waals surface area contributed by atoms with Gasteiger partial charge in [0, 0.05) is 20.9 Å². The molecule has 0 fully saturated rings. The summed E-state index contributed by atoms with van der Waals surface area (Å²) in [6, 6.07) is 1.38. The maximum atomic E-state index is 12.7. The number of hydrogen-bond donors (Lipinski definition) is 0. The molecule has 6 nitrogen and oxygen atoms in total. The second-order valence-electron chi connectivity index (χ2n) is 3.66. The molecule has 2 amide bonds. The Kier molecular flexibility index (Phi) is 4.34. The molecule has 1 aromatic heterocycles. The molecule has 0 aromatic carbocycles. The fraction of sp³-hybridized carbons (Fsp3) is 0.400. The van der Waals surface area contributed by atoms with Crippen molar-refractivity contribution in [3.63, 3.8) is 0 Å². The minimum absolute atomic E-state index is 0.388. The molecule has 1 heterocycles. The van der Waals surface area contributed by atoms with Crippen LogP contribution in [-0.2, 0) is 15.8 Å². The summed E-state index contributed by atoms with van der Waals surface area (Å²) in [5.74, 6) is -1.27. The lowest BCUT2D eigenvalue weighted by molar-refractivity contribution is -0.141. The number of carbonyl (C=O) groups is 2. The number of nitriles is 1. The van der Waals surface area contributed by atoms with Gasteiger partial charge in [0.15, 0.2) is 5.69 Å². The van der Waals surface area contributed by atoms with E-state index in [1.165, 1.54) is 13.1 Å². The highest BCUT2D eigenvalue weighted by atomic mass is 32.1. The van der Waals surface area contributed by atoms with Gasteiger partial charge in [-0.2, -0.15) is 23.4 Å². The Morgan fingerprint density at radius 3 is 2.15 bits per heavy atom. The number of rotatable bonds is 1. The van der Waals surface area contributed by atoms with Crippen LogP contribution in [0.25, 0.3) is 0 Å². The molecule has 1 aromatic rings. The maximum Gasteiger partial charge on any atom is 0.435 e. The van der Waals surface area contributed by atoms with E-state index in [4.69, 9.17) is 5.26 Å². The number of anilines is 1. The van der Waals surface area contributed by atoms with Crippen LogP contribution < -0.4 is 5.01 Å². The molecule has 20 heavy (non-hydrogen) atoms. The molecule has 0 saturated carbocycles. The van der Waals surface area contributed by atoms with Gasteiger partial charge < -0.3 is 0 Å². The van der Waals surface area contributed by atoms with Crippen LogP contribution in [0.15, 0.2) is 0 Å². The third-order valence-corrected chi connectivity index (χ3v) is 3.16. The highest BCUT2D eigenvalue weighted by Crippen LogP contribution is 2.37. The van der Waals surface area contributed by atoms with E-state index in [0.29, 0.717) is 16.3 Å². The zero-order valence-electron chi connectivity index (χ0n) is 10.6. The molecule has 10 heteroatoms. The maximum absolute atomic E-state index is 12.7. The summed E-state index contributed by atoms with van der Waals surface area (Å²) in [4.78, 5) is 25.3. The summed E-state index contributed by atoms with van der Waals surface area (Å²) < 4.78 is 38.0. The third kappa shape index (κ3) is 3.05. The standard InChI is InChI=1S/C10H9F3N4O2S/c1-5(18)16(3)17(6(2)19)9-15-8(10(11,12)13)7(4-14)20-9/h1-3H3. The lowest BCUT2D eigenvalue weighted by Gasteiger charge is -2.27. The van der Waals surface area contributed by atoms with Crippen molar-refractivity contribution >= 4 is 28.3 Å². The van der Waals surface area contributed by atoms with E-state index in [0.717, 1.165) is 18.9 Å². The van der Waals surface area contributed by atoms with Gasteiger partial charge in [0.2, 0.25) is 16.9 Å². The predicted octanol–water partition coefficient (Wildman–Crippen LogP) is 1.78. The highest BCUT2D eigenvalue weighted by Gasteiger charge is 2.39. The number of alkyl halides is 3. The summed E-state index contributed by atoms with van der Waals surface area (Å²) in [6.07, 6.45) is -4.81. The summed E-state index contributed by atoms with van der Waals surface area (Å²) in [7, 11) is 1.21. The van der Waals surface area contributed by atoms with Gasteiger partial charge in [-0.3, -0.25) is 9.59 Å². The van der Waals surface area contributed by atoms with Crippen molar-refractivity contribution in [2.24, 2.45) is 0 Å². The SMILES string of the molecule is CC(=O)N(C)N(C(C)=O)c1nc(C(F)(F)F)c(C#N)s1. The molecule has 0 aliphatic carbocycles. The van der Waals surface area contributed by atoms with Crippen LogP contribution in [0, 0.1) is 11.3 Å². The molecular weight excluding hydrogens is 297 g/mol. The molecule has 0 aliphatic rings. The Hall–Kier alpha value is -2.15. The fourth-order valence-electron chi connectivity index (χ4n) is 1.28. The first-order valence-electron chi connectivity index (χ1n) is 5.12. The van der Waals surface area contributed by atoms with Crippen LogP contribution in [0.2, 0.25) is 0 Å². The van der Waals surface area contributed by atoms with Crippen molar-refractivity contribution in [3.8, 4) is 6.07 Å². The van der Waals surface area contributed by atoms with E-state index in [2.05, 4.69) is 4.98 Å². The van der Waals surface area contributed by atoms with Crippen LogP contribution in [0.1, 0.15) is 24.4 Å². The number of halogens is 3. The van der Waals surface area contributed by atoms with Crippen molar-refractivity contribution in [2.45, 2.75) is 20.0 Å². The summed E-state index contributed by atoms with van der Waals surface area (Å²) in [5, 5.41) is 9.82. The monoisotopic (exact) mass is 306 g/mol. The van der Waals surface area contributed by atoms with E-state index < -0.39 is 28.6 Å². The lowest BCUT2D eigenvalue weighted by Crippen LogP contribution is -2.45. The number of hydrazine groups is 1. The largest absolute Gasteiger partial charge is 0.435 e. The van der Waals surface area contributed by atoms with Crippen molar-refractivity contribution in [2.75, 3.05) is 12.1 Å². The third-order valence-electron chi connectivity index (χ3n) is 2.22. The Morgan fingerprint density at radius 2 is 1.85 bits per heavy atom. The van der Waals surface area contributed by atoms with E-state index >= 15 is 0 Å². The van der Waals surface area contributed by atoms with Crippen LogP contribution in [0.5, 0.6) is 0 Å². The number of amides is 2. The van der Waals surface area contributed by atoms with Gasteiger partial charge in [0.25, 0.3) is 0 Å². The molecule has 0 bridgehead atoms. The van der Waals surface area contributed by atoms with Crippen molar-refractivity contribution in [1.29, 1.82) is 5.26 Å². The molecule has 0 N–H and O–H groups in total. The van der Waals surface area contributed by atoms with Crippen LogP contribution >= 0.6 is 11.3 Å². The summed E-state index contributed by atoms with van der Waals surface area (Å²) >= 11 is 0.388. The number of thiazole rings is 1. The van der Waals surface area contributed by atoms with Gasteiger partial charge in [0.1, 0.15) is 10.9 Å². The molecule has 0 unspecified atom stereocenters. The average molecular weight is 306 g/mol. The second-order valence-corrected chi connectivity index (χ2v) is 4.63. The first-order valence-corrected chi connectivity index (χ1v) is 5.94. The molecule has 0 atom stereocenters. The Labute approximate surface area is 116 Å². The molecule has 0 spiro atoms. The second kappa shape index (κ2) is 5.46. The van der Waals surface area contributed by atoms with Gasteiger partial charge in [-0.1, -0.05) is 11.3 Å². The van der Waals surface area contributed by atoms with E-state index in [1.807, 2.05) is 0 Å². The molecule has 0 aliphatic heterocycles. The van der Waals surface area contributed by atoms with Gasteiger partial charge in [-0.25, -0.2) is 9.99 Å². The highest BCUT2D eigenvalue weighted by molar-refractivity contribution is 7.16. The molecule has 1 rings (SSSR count). The summed E-state index contributed by atoms with van der Waals surface area (Å²) in [6.45, 7) is 2.21. The first-order chi connectivity index (χ1) is 9.09. The number of carbonyl (C=O) groups excluding carboxylic acids is 2. The average Bonchev–Trinajstić information content (AvgIpc) is 2.72. The minimum Gasteiger partial charge on any atom is -0.273 e. The van der Waals surface area contributed by atoms with E-state index in [-0.39, 0.29) is 5.13 Å². The minimum atomic E-state index is -4.81. The van der Waals surface area contributed by atoms with Crippen molar-refractivity contribution < 1.29 is 22.8 Å². The van der Waals surface area contributed by atoms with Gasteiger partial charge >= 0.3 is 6.18 Å². The molecule has 108 valence electrons. The van der Waals surface area contributed by atoms with Crippen LogP contribution in [0.3, 0.4) is 0 Å². The fourth-order valence-corrected chi connectivity index (χ4v) is 2.24. The van der Waals surface area contributed by atoms with Crippen molar-refractivity contribution in [3.05, 3.63) is 10.6 Å². The first kappa shape index (κ1) is 15.9. The molecule has 0 saturated heterocycles. The molecular formula is C10H9F3N4O2S. The van der Waals surface area contributed by atoms with E-state index in [1.54, 1.807) is 0 Å². The Morgan fingerprint density at radius 1 is 1.30 bits per heavy atom. The predicted molar refractivity (Wildman–Crippen MR) is 63.4 cm³/mol. The number of nitrogens with zero attached hydrogens (tertiary/aromatic N) is 4. The number of aromatic nitrogens is 1.